The zero-order valence-corrected chi connectivity index (χ0v) is 11.2. The number of rotatable bonds is 4. The molecule has 1 amide bonds. The zero-order valence-electron chi connectivity index (χ0n) is 9.58. The highest BCUT2D eigenvalue weighted by Crippen LogP contribution is 2.15. The van der Waals surface area contributed by atoms with Gasteiger partial charge in [0, 0.05) is 6.42 Å². The highest BCUT2D eigenvalue weighted by atomic mass is 79.9. The maximum Gasteiger partial charge on any atom is 0.224 e. The Morgan fingerprint density at radius 1 is 1.59 bits per heavy atom. The van der Waals surface area contributed by atoms with Crippen LogP contribution < -0.4 is 10.6 Å². The number of nitrogens with zero attached hydrogens (tertiary/aromatic N) is 1. The summed E-state index contributed by atoms with van der Waals surface area (Å²) >= 11 is 3.26. The molecule has 1 aromatic heterocycles. The van der Waals surface area contributed by atoms with E-state index in [9.17, 15) is 4.79 Å². The highest BCUT2D eigenvalue weighted by Gasteiger charge is 2.15. The minimum atomic E-state index is 0.0704. The van der Waals surface area contributed by atoms with Gasteiger partial charge in [0.2, 0.25) is 5.91 Å². The second kappa shape index (κ2) is 6.12. The second-order valence-electron chi connectivity index (χ2n) is 4.32. The minimum Gasteiger partial charge on any atom is -0.325 e. The Morgan fingerprint density at radius 2 is 2.47 bits per heavy atom. The molecule has 1 saturated heterocycles. The third-order valence-electron chi connectivity index (χ3n) is 2.95. The Bertz CT molecular complexity index is 374. The Balaban J connectivity index is 1.74. The quantitative estimate of drug-likeness (QED) is 0.838. The molecule has 1 aromatic rings. The lowest BCUT2D eigenvalue weighted by Gasteiger charge is -2.08. The largest absolute Gasteiger partial charge is 0.325 e. The van der Waals surface area contributed by atoms with E-state index in [1.54, 1.807) is 6.20 Å². The number of anilines is 1. The van der Waals surface area contributed by atoms with Gasteiger partial charge in [0.25, 0.3) is 0 Å². The Labute approximate surface area is 109 Å². The molecular weight excluding hydrogens is 282 g/mol. The first-order valence-electron chi connectivity index (χ1n) is 5.86. The number of pyridine rings is 1. The summed E-state index contributed by atoms with van der Waals surface area (Å²) in [6, 6.07) is 3.66. The van der Waals surface area contributed by atoms with Crippen LogP contribution in [0.1, 0.15) is 19.3 Å². The van der Waals surface area contributed by atoms with Gasteiger partial charge in [-0.3, -0.25) is 4.79 Å². The van der Waals surface area contributed by atoms with Gasteiger partial charge in [0.1, 0.15) is 4.60 Å². The van der Waals surface area contributed by atoms with Crippen molar-refractivity contribution in [2.75, 3.05) is 18.4 Å². The zero-order chi connectivity index (χ0) is 12.1. The van der Waals surface area contributed by atoms with Crippen molar-refractivity contribution < 1.29 is 4.79 Å². The summed E-state index contributed by atoms with van der Waals surface area (Å²) in [7, 11) is 0. The fraction of sp³-hybridized carbons (Fsp3) is 0.500. The number of carbonyl (C=O) groups is 1. The van der Waals surface area contributed by atoms with Crippen molar-refractivity contribution in [1.29, 1.82) is 0 Å². The van der Waals surface area contributed by atoms with Gasteiger partial charge in [-0.1, -0.05) is 0 Å². The summed E-state index contributed by atoms with van der Waals surface area (Å²) in [5, 5.41) is 6.16. The van der Waals surface area contributed by atoms with Crippen LogP contribution >= 0.6 is 15.9 Å². The fourth-order valence-electron chi connectivity index (χ4n) is 1.97. The molecule has 0 aliphatic carbocycles. The van der Waals surface area contributed by atoms with Crippen LogP contribution in [0.5, 0.6) is 0 Å². The van der Waals surface area contributed by atoms with Crippen molar-refractivity contribution in [2.24, 2.45) is 5.92 Å². The normalized spacial score (nSPS) is 19.2. The molecule has 1 aliphatic heterocycles. The summed E-state index contributed by atoms with van der Waals surface area (Å²) in [5.74, 6) is 0.727. The first kappa shape index (κ1) is 12.5. The molecule has 1 aliphatic rings. The van der Waals surface area contributed by atoms with Crippen molar-refractivity contribution in [3.05, 3.63) is 22.9 Å². The molecule has 2 rings (SSSR count). The fourth-order valence-corrected chi connectivity index (χ4v) is 2.20. The van der Waals surface area contributed by atoms with Crippen LogP contribution in [0.25, 0.3) is 0 Å². The monoisotopic (exact) mass is 297 g/mol. The first-order chi connectivity index (χ1) is 8.24. The predicted octanol–water partition coefficient (Wildman–Crippen LogP) is 2.17. The molecule has 1 unspecified atom stereocenters. The predicted molar refractivity (Wildman–Crippen MR) is 70.8 cm³/mol. The molecule has 92 valence electrons. The minimum absolute atomic E-state index is 0.0704. The van der Waals surface area contributed by atoms with Gasteiger partial charge in [-0.15, -0.1) is 0 Å². The number of hydrogen-bond acceptors (Lipinski definition) is 3. The van der Waals surface area contributed by atoms with Gasteiger partial charge >= 0.3 is 0 Å². The van der Waals surface area contributed by atoms with E-state index in [0.29, 0.717) is 12.3 Å². The van der Waals surface area contributed by atoms with E-state index >= 15 is 0 Å². The van der Waals surface area contributed by atoms with E-state index < -0.39 is 0 Å². The maximum absolute atomic E-state index is 11.7. The van der Waals surface area contributed by atoms with Gasteiger partial charge in [-0.05, 0) is 59.9 Å². The number of carbonyl (C=O) groups excluding carboxylic acids is 1. The Hall–Kier alpha value is -0.940. The van der Waals surface area contributed by atoms with Crippen LogP contribution in [-0.4, -0.2) is 24.0 Å². The molecule has 17 heavy (non-hydrogen) atoms. The summed E-state index contributed by atoms with van der Waals surface area (Å²) in [6.45, 7) is 2.13. The summed E-state index contributed by atoms with van der Waals surface area (Å²) < 4.78 is 0.771. The van der Waals surface area contributed by atoms with Crippen LogP contribution in [0, 0.1) is 5.92 Å². The lowest BCUT2D eigenvalue weighted by molar-refractivity contribution is -0.116. The first-order valence-corrected chi connectivity index (χ1v) is 6.65. The van der Waals surface area contributed by atoms with Crippen molar-refractivity contribution >= 4 is 27.5 Å². The van der Waals surface area contributed by atoms with Crippen molar-refractivity contribution in [1.82, 2.24) is 10.3 Å². The molecule has 0 aromatic carbocycles. The van der Waals surface area contributed by atoms with E-state index in [0.717, 1.165) is 29.8 Å². The third-order valence-corrected chi connectivity index (χ3v) is 3.42. The molecule has 0 saturated carbocycles. The molecule has 2 heterocycles. The second-order valence-corrected chi connectivity index (χ2v) is 5.13. The summed E-state index contributed by atoms with van der Waals surface area (Å²) in [5.41, 5.74) is 0.753. The molecule has 5 heteroatoms. The Kier molecular flexibility index (Phi) is 4.50. The van der Waals surface area contributed by atoms with Gasteiger partial charge in [-0.2, -0.15) is 0 Å². The lowest BCUT2D eigenvalue weighted by Crippen LogP contribution is -2.15. The number of amides is 1. The van der Waals surface area contributed by atoms with Gasteiger partial charge < -0.3 is 10.6 Å². The van der Waals surface area contributed by atoms with Crippen molar-refractivity contribution in [2.45, 2.75) is 19.3 Å². The smallest absolute Gasteiger partial charge is 0.224 e. The van der Waals surface area contributed by atoms with Crippen LogP contribution in [0.4, 0.5) is 5.69 Å². The van der Waals surface area contributed by atoms with E-state index in [2.05, 4.69) is 31.5 Å². The van der Waals surface area contributed by atoms with E-state index in [4.69, 9.17) is 0 Å². The molecule has 4 nitrogen and oxygen atoms in total. The summed E-state index contributed by atoms with van der Waals surface area (Å²) in [4.78, 5) is 15.7. The third kappa shape index (κ3) is 4.09. The maximum atomic E-state index is 11.7. The van der Waals surface area contributed by atoms with E-state index in [1.807, 2.05) is 12.1 Å². The molecule has 1 atom stereocenters. The molecule has 0 bridgehead atoms. The average molecular weight is 298 g/mol. The molecular formula is C12H16BrN3O. The SMILES string of the molecule is O=C(CCC1CCNC1)Nc1ccc(Br)nc1. The van der Waals surface area contributed by atoms with Gasteiger partial charge in [-0.25, -0.2) is 4.98 Å². The number of hydrogen-bond donors (Lipinski definition) is 2. The van der Waals surface area contributed by atoms with Crippen LogP contribution in [-0.2, 0) is 4.79 Å². The van der Waals surface area contributed by atoms with Crippen LogP contribution in [0.2, 0.25) is 0 Å². The highest BCUT2D eigenvalue weighted by molar-refractivity contribution is 9.10. The van der Waals surface area contributed by atoms with E-state index in [1.165, 1.54) is 6.42 Å². The molecule has 0 radical (unpaired) electrons. The molecule has 0 spiro atoms. The van der Waals surface area contributed by atoms with Crippen LogP contribution in [0.15, 0.2) is 22.9 Å². The Morgan fingerprint density at radius 3 is 3.12 bits per heavy atom. The van der Waals surface area contributed by atoms with E-state index in [-0.39, 0.29) is 5.91 Å². The standard InChI is InChI=1S/C12H16BrN3O/c13-11-3-2-10(8-15-11)16-12(17)4-1-9-5-6-14-7-9/h2-3,8-9,14H,1,4-7H2,(H,16,17). The molecule has 2 N–H and O–H groups in total. The molecule has 1 fully saturated rings. The number of nitrogens with one attached hydrogen (secondary N) is 2. The van der Waals surface area contributed by atoms with Crippen molar-refractivity contribution in [3.63, 3.8) is 0 Å². The van der Waals surface area contributed by atoms with Gasteiger partial charge in [0.05, 0.1) is 11.9 Å². The lowest BCUT2D eigenvalue weighted by atomic mass is 10.0. The van der Waals surface area contributed by atoms with Crippen molar-refractivity contribution in [3.8, 4) is 0 Å². The summed E-state index contributed by atoms with van der Waals surface area (Å²) in [6.07, 6.45) is 4.39. The van der Waals surface area contributed by atoms with Gasteiger partial charge in [0.15, 0.2) is 0 Å². The number of aromatic nitrogens is 1. The topological polar surface area (TPSA) is 54.0 Å². The number of halogens is 1. The average Bonchev–Trinajstić information content (AvgIpc) is 2.83. The van der Waals surface area contributed by atoms with Crippen LogP contribution in [0.3, 0.4) is 0 Å².